The molecule has 2 aromatic rings. The summed E-state index contributed by atoms with van der Waals surface area (Å²) in [4.78, 5) is 4.50. The molecule has 23 heavy (non-hydrogen) atoms. The number of aromatic amines is 1. The molecule has 6 heteroatoms. The third-order valence-electron chi connectivity index (χ3n) is 4.42. The first-order valence-electron chi connectivity index (χ1n) is 8.20. The van der Waals surface area contributed by atoms with Crippen molar-refractivity contribution in [3.8, 4) is 11.5 Å². The van der Waals surface area contributed by atoms with Crippen molar-refractivity contribution in [3.63, 3.8) is 0 Å². The third-order valence-corrected chi connectivity index (χ3v) is 4.42. The van der Waals surface area contributed by atoms with Crippen LogP contribution in [-0.4, -0.2) is 22.3 Å². The molecular formula is C17H24N4O2. The zero-order valence-corrected chi connectivity index (χ0v) is 13.5. The fourth-order valence-electron chi connectivity index (χ4n) is 3.07. The fraction of sp³-hybridized carbons (Fsp3) is 0.529. The second kappa shape index (κ2) is 7.46. The molecule has 1 saturated carbocycles. The molecule has 0 radical (unpaired) electrons. The first kappa shape index (κ1) is 15.8. The molecule has 3 rings (SSSR count). The number of nitrogens with two attached hydrogens (primary N) is 1. The molecule has 1 aromatic heterocycles. The summed E-state index contributed by atoms with van der Waals surface area (Å²) in [5, 5.41) is 7.20. The lowest BCUT2D eigenvalue weighted by molar-refractivity contribution is 0.291. The second-order valence-corrected chi connectivity index (χ2v) is 6.03. The van der Waals surface area contributed by atoms with E-state index in [0.717, 1.165) is 11.5 Å². The van der Waals surface area contributed by atoms with E-state index in [4.69, 9.17) is 15.2 Å². The molecule has 1 heterocycles. The molecule has 1 aromatic carbocycles. The van der Waals surface area contributed by atoms with Gasteiger partial charge in [-0.2, -0.15) is 5.10 Å². The van der Waals surface area contributed by atoms with Gasteiger partial charge < -0.3 is 15.2 Å². The molecule has 1 aliphatic carbocycles. The molecule has 1 atom stereocenters. The molecule has 124 valence electrons. The average molecular weight is 316 g/mol. The van der Waals surface area contributed by atoms with Crippen LogP contribution >= 0.6 is 0 Å². The van der Waals surface area contributed by atoms with E-state index in [1.165, 1.54) is 32.1 Å². The fourth-order valence-corrected chi connectivity index (χ4v) is 3.07. The highest BCUT2D eigenvalue weighted by atomic mass is 16.5. The maximum atomic E-state index is 6.33. The van der Waals surface area contributed by atoms with Crippen LogP contribution in [0.15, 0.2) is 24.3 Å². The summed E-state index contributed by atoms with van der Waals surface area (Å²) in [6.45, 7) is 0.331. The minimum atomic E-state index is -0.0860. The Morgan fingerprint density at radius 2 is 2.04 bits per heavy atom. The molecule has 0 bridgehead atoms. The highest BCUT2D eigenvalue weighted by Gasteiger charge is 2.24. The van der Waals surface area contributed by atoms with E-state index >= 15 is 0 Å². The number of nitrogens with one attached hydrogen (secondary N) is 1. The van der Waals surface area contributed by atoms with Gasteiger partial charge in [-0.3, -0.25) is 5.10 Å². The molecule has 6 nitrogen and oxygen atoms in total. The Bertz CT molecular complexity index is 623. The number of ether oxygens (including phenoxy) is 2. The number of H-pyrrole nitrogens is 1. The van der Waals surface area contributed by atoms with E-state index in [1.807, 2.05) is 24.3 Å². The van der Waals surface area contributed by atoms with E-state index in [2.05, 4.69) is 15.2 Å². The lowest BCUT2D eigenvalue weighted by atomic mass is 9.84. The van der Waals surface area contributed by atoms with Crippen LogP contribution in [0.5, 0.6) is 11.5 Å². The number of rotatable bonds is 6. The van der Waals surface area contributed by atoms with Gasteiger partial charge >= 0.3 is 0 Å². The van der Waals surface area contributed by atoms with Gasteiger partial charge in [-0.1, -0.05) is 25.3 Å². The number of hydrogen-bond donors (Lipinski definition) is 2. The van der Waals surface area contributed by atoms with Gasteiger partial charge in [0.05, 0.1) is 13.2 Å². The summed E-state index contributed by atoms with van der Waals surface area (Å²) >= 11 is 0. The highest BCUT2D eigenvalue weighted by Crippen LogP contribution is 2.31. The van der Waals surface area contributed by atoms with Gasteiger partial charge in [-0.25, -0.2) is 4.98 Å². The SMILES string of the molecule is COc1cccc(OCc2nc([C@@H](N)C3CCCCC3)n[nH]2)c1. The Morgan fingerprint density at radius 1 is 1.26 bits per heavy atom. The topological polar surface area (TPSA) is 86.1 Å². The highest BCUT2D eigenvalue weighted by molar-refractivity contribution is 5.32. The predicted octanol–water partition coefficient (Wildman–Crippen LogP) is 2.97. The Hall–Kier alpha value is -2.08. The van der Waals surface area contributed by atoms with Gasteiger partial charge in [-0.05, 0) is 30.9 Å². The largest absolute Gasteiger partial charge is 0.497 e. The molecule has 0 unspecified atom stereocenters. The summed E-state index contributed by atoms with van der Waals surface area (Å²) in [6, 6.07) is 7.40. The first-order chi connectivity index (χ1) is 11.3. The van der Waals surface area contributed by atoms with Crippen molar-refractivity contribution in [1.29, 1.82) is 0 Å². The summed E-state index contributed by atoms with van der Waals surface area (Å²) < 4.78 is 10.9. The van der Waals surface area contributed by atoms with Crippen LogP contribution in [-0.2, 0) is 6.61 Å². The maximum absolute atomic E-state index is 6.33. The van der Waals surface area contributed by atoms with Crippen molar-refractivity contribution in [2.45, 2.75) is 44.8 Å². The van der Waals surface area contributed by atoms with Gasteiger partial charge in [0.2, 0.25) is 0 Å². The van der Waals surface area contributed by atoms with Crippen LogP contribution in [0.25, 0.3) is 0 Å². The van der Waals surface area contributed by atoms with Gasteiger partial charge in [0.15, 0.2) is 11.6 Å². The lowest BCUT2D eigenvalue weighted by Crippen LogP contribution is -2.24. The van der Waals surface area contributed by atoms with Crippen molar-refractivity contribution in [1.82, 2.24) is 15.2 Å². The van der Waals surface area contributed by atoms with E-state index in [9.17, 15) is 0 Å². The van der Waals surface area contributed by atoms with Gasteiger partial charge in [0, 0.05) is 6.07 Å². The molecule has 0 aliphatic heterocycles. The number of aromatic nitrogens is 3. The zero-order valence-electron chi connectivity index (χ0n) is 13.5. The molecule has 0 amide bonds. The average Bonchev–Trinajstić information content (AvgIpc) is 3.09. The van der Waals surface area contributed by atoms with Crippen molar-refractivity contribution in [3.05, 3.63) is 35.9 Å². The molecule has 3 N–H and O–H groups in total. The van der Waals surface area contributed by atoms with Gasteiger partial charge in [-0.15, -0.1) is 0 Å². The van der Waals surface area contributed by atoms with Gasteiger partial charge in [0.1, 0.15) is 18.1 Å². The Kier molecular flexibility index (Phi) is 5.12. The minimum Gasteiger partial charge on any atom is -0.497 e. The van der Waals surface area contributed by atoms with E-state index in [1.54, 1.807) is 7.11 Å². The van der Waals surface area contributed by atoms with E-state index in [0.29, 0.717) is 24.2 Å². The normalized spacial score (nSPS) is 17.0. The van der Waals surface area contributed by atoms with Gasteiger partial charge in [0.25, 0.3) is 0 Å². The maximum Gasteiger partial charge on any atom is 0.167 e. The molecule has 0 spiro atoms. The van der Waals surface area contributed by atoms with Crippen LogP contribution in [0, 0.1) is 5.92 Å². The number of nitrogens with zero attached hydrogens (tertiary/aromatic N) is 2. The number of methoxy groups -OCH3 is 1. The zero-order chi connectivity index (χ0) is 16.1. The smallest absolute Gasteiger partial charge is 0.167 e. The van der Waals surface area contributed by atoms with Crippen molar-refractivity contribution in [2.75, 3.05) is 7.11 Å². The number of benzene rings is 1. The van der Waals surface area contributed by atoms with Crippen LogP contribution in [0.4, 0.5) is 0 Å². The Balaban J connectivity index is 1.58. The first-order valence-corrected chi connectivity index (χ1v) is 8.20. The van der Waals surface area contributed by atoms with Crippen LogP contribution in [0.2, 0.25) is 0 Å². The Morgan fingerprint density at radius 3 is 2.83 bits per heavy atom. The quantitative estimate of drug-likeness (QED) is 0.855. The van der Waals surface area contributed by atoms with Crippen LogP contribution < -0.4 is 15.2 Å². The summed E-state index contributed by atoms with van der Waals surface area (Å²) in [5.74, 6) is 3.38. The summed E-state index contributed by atoms with van der Waals surface area (Å²) in [5.41, 5.74) is 6.33. The Labute approximate surface area is 136 Å². The standard InChI is InChI=1S/C17H24N4O2/c1-22-13-8-5-9-14(10-13)23-11-15-19-17(21-20-15)16(18)12-6-3-2-4-7-12/h5,8-10,12,16H,2-4,6-7,11,18H2,1H3,(H,19,20,21)/t16-/m0/s1. The van der Waals surface area contributed by atoms with Crippen LogP contribution in [0.3, 0.4) is 0 Å². The van der Waals surface area contributed by atoms with Crippen LogP contribution in [0.1, 0.15) is 49.8 Å². The molecule has 1 aliphatic rings. The second-order valence-electron chi connectivity index (χ2n) is 6.03. The molecular weight excluding hydrogens is 292 g/mol. The monoisotopic (exact) mass is 316 g/mol. The van der Waals surface area contributed by atoms with E-state index in [-0.39, 0.29) is 6.04 Å². The number of hydrogen-bond acceptors (Lipinski definition) is 5. The van der Waals surface area contributed by atoms with Crippen molar-refractivity contribution in [2.24, 2.45) is 11.7 Å². The minimum absolute atomic E-state index is 0.0860. The van der Waals surface area contributed by atoms with Crippen molar-refractivity contribution >= 4 is 0 Å². The molecule has 0 saturated heterocycles. The molecule has 1 fully saturated rings. The summed E-state index contributed by atoms with van der Waals surface area (Å²) in [7, 11) is 1.63. The third kappa shape index (κ3) is 4.01. The summed E-state index contributed by atoms with van der Waals surface area (Å²) in [6.07, 6.45) is 6.18. The lowest BCUT2D eigenvalue weighted by Gasteiger charge is -2.25. The van der Waals surface area contributed by atoms with E-state index < -0.39 is 0 Å². The van der Waals surface area contributed by atoms with Crippen molar-refractivity contribution < 1.29 is 9.47 Å². The predicted molar refractivity (Wildman–Crippen MR) is 87.2 cm³/mol.